The fraction of sp³-hybridized carbons (Fsp3) is 0.714. The third-order valence-electron chi connectivity index (χ3n) is 2.10. The average molecular weight is 157 g/mol. The number of rotatable bonds is 2. The molecule has 62 valence electrons. The van der Waals surface area contributed by atoms with Crippen LogP contribution in [0.2, 0.25) is 0 Å². The van der Waals surface area contributed by atoms with E-state index in [0.29, 0.717) is 0 Å². The van der Waals surface area contributed by atoms with Gasteiger partial charge in [-0.15, -0.1) is 0 Å². The summed E-state index contributed by atoms with van der Waals surface area (Å²) < 4.78 is 0. The van der Waals surface area contributed by atoms with Gasteiger partial charge in [0.15, 0.2) is 0 Å². The molecule has 0 atom stereocenters. The standard InChI is InChI=1S/C7H11NO3/c1-2-7(3-4-7)8-5(9)6(10)11/h2-4H2,1H3,(H,8,9)(H,10,11). The molecule has 0 bridgehead atoms. The topological polar surface area (TPSA) is 66.4 Å². The predicted octanol–water partition coefficient (Wildman–Crippen LogP) is 0.130. The average Bonchev–Trinajstić information content (AvgIpc) is 2.69. The SMILES string of the molecule is CCC1(NC(=O)C(=O)O)CC1. The highest BCUT2D eigenvalue weighted by atomic mass is 16.4. The van der Waals surface area contributed by atoms with Crippen LogP contribution in [-0.4, -0.2) is 22.5 Å². The first kappa shape index (κ1) is 8.04. The molecule has 0 aromatic heterocycles. The Morgan fingerprint density at radius 1 is 1.55 bits per heavy atom. The number of nitrogens with one attached hydrogen (secondary N) is 1. The van der Waals surface area contributed by atoms with Gasteiger partial charge in [0.1, 0.15) is 0 Å². The summed E-state index contributed by atoms with van der Waals surface area (Å²) in [6.07, 6.45) is 2.62. The smallest absolute Gasteiger partial charge is 0.394 e. The molecule has 1 saturated carbocycles. The first-order valence-corrected chi connectivity index (χ1v) is 3.65. The molecule has 4 nitrogen and oxygen atoms in total. The summed E-state index contributed by atoms with van der Waals surface area (Å²) in [6, 6.07) is 0. The van der Waals surface area contributed by atoms with Gasteiger partial charge in [-0.3, -0.25) is 4.79 Å². The quantitative estimate of drug-likeness (QED) is 0.560. The molecule has 4 heteroatoms. The maximum absolute atomic E-state index is 10.6. The van der Waals surface area contributed by atoms with Crippen LogP contribution in [-0.2, 0) is 9.59 Å². The van der Waals surface area contributed by atoms with E-state index in [1.54, 1.807) is 0 Å². The Morgan fingerprint density at radius 2 is 2.09 bits per heavy atom. The third kappa shape index (κ3) is 1.69. The summed E-state index contributed by atoms with van der Waals surface area (Å²) in [7, 11) is 0. The summed E-state index contributed by atoms with van der Waals surface area (Å²) in [6.45, 7) is 1.94. The molecular formula is C7H11NO3. The Kier molecular flexibility index (Phi) is 1.85. The monoisotopic (exact) mass is 157 g/mol. The van der Waals surface area contributed by atoms with Crippen LogP contribution in [0, 0.1) is 0 Å². The summed E-state index contributed by atoms with van der Waals surface area (Å²) in [4.78, 5) is 20.8. The second-order valence-corrected chi connectivity index (χ2v) is 2.89. The minimum Gasteiger partial charge on any atom is -0.474 e. The van der Waals surface area contributed by atoms with E-state index < -0.39 is 11.9 Å². The van der Waals surface area contributed by atoms with E-state index in [4.69, 9.17) is 5.11 Å². The van der Waals surface area contributed by atoms with Crippen molar-refractivity contribution in [2.24, 2.45) is 0 Å². The van der Waals surface area contributed by atoms with Crippen LogP contribution >= 0.6 is 0 Å². The molecule has 0 radical (unpaired) electrons. The zero-order chi connectivity index (χ0) is 8.48. The first-order chi connectivity index (χ1) is 5.09. The van der Waals surface area contributed by atoms with Gasteiger partial charge in [0, 0.05) is 5.54 Å². The first-order valence-electron chi connectivity index (χ1n) is 3.65. The van der Waals surface area contributed by atoms with E-state index in [-0.39, 0.29) is 5.54 Å². The molecule has 1 aliphatic carbocycles. The van der Waals surface area contributed by atoms with Crippen molar-refractivity contribution in [1.82, 2.24) is 5.32 Å². The molecule has 1 rings (SSSR count). The number of hydrogen-bond donors (Lipinski definition) is 2. The Balaban J connectivity index is 2.42. The molecule has 0 spiro atoms. The van der Waals surface area contributed by atoms with Crippen molar-refractivity contribution >= 4 is 11.9 Å². The van der Waals surface area contributed by atoms with Gasteiger partial charge in [0.25, 0.3) is 0 Å². The van der Waals surface area contributed by atoms with Crippen molar-refractivity contribution < 1.29 is 14.7 Å². The minimum absolute atomic E-state index is 0.185. The van der Waals surface area contributed by atoms with Gasteiger partial charge >= 0.3 is 11.9 Å². The summed E-state index contributed by atoms with van der Waals surface area (Å²) in [5.41, 5.74) is -0.185. The molecule has 0 saturated heterocycles. The fourth-order valence-electron chi connectivity index (χ4n) is 1.01. The lowest BCUT2D eigenvalue weighted by Gasteiger charge is -2.11. The van der Waals surface area contributed by atoms with Crippen molar-refractivity contribution in [3.63, 3.8) is 0 Å². The van der Waals surface area contributed by atoms with Crippen LogP contribution < -0.4 is 5.32 Å². The molecule has 1 aliphatic rings. The van der Waals surface area contributed by atoms with Gasteiger partial charge in [-0.05, 0) is 19.3 Å². The van der Waals surface area contributed by atoms with E-state index in [0.717, 1.165) is 19.3 Å². The van der Waals surface area contributed by atoms with Crippen molar-refractivity contribution in [2.45, 2.75) is 31.7 Å². The molecule has 11 heavy (non-hydrogen) atoms. The van der Waals surface area contributed by atoms with Crippen LogP contribution in [0.5, 0.6) is 0 Å². The molecular weight excluding hydrogens is 146 g/mol. The van der Waals surface area contributed by atoms with Gasteiger partial charge in [-0.25, -0.2) is 4.79 Å². The van der Waals surface area contributed by atoms with Crippen molar-refractivity contribution in [3.8, 4) is 0 Å². The normalized spacial score (nSPS) is 19.0. The Hall–Kier alpha value is -1.06. The summed E-state index contributed by atoms with van der Waals surface area (Å²) >= 11 is 0. The molecule has 0 aromatic carbocycles. The fourth-order valence-corrected chi connectivity index (χ4v) is 1.01. The molecule has 0 unspecified atom stereocenters. The minimum atomic E-state index is -1.40. The molecule has 0 heterocycles. The molecule has 2 N–H and O–H groups in total. The number of carboxylic acids is 1. The maximum atomic E-state index is 10.6. The van der Waals surface area contributed by atoms with E-state index in [2.05, 4.69) is 5.32 Å². The summed E-state index contributed by atoms with van der Waals surface area (Å²) in [5.74, 6) is -2.28. The van der Waals surface area contributed by atoms with Crippen LogP contribution in [0.1, 0.15) is 26.2 Å². The Morgan fingerprint density at radius 3 is 2.36 bits per heavy atom. The van der Waals surface area contributed by atoms with Crippen molar-refractivity contribution in [3.05, 3.63) is 0 Å². The van der Waals surface area contributed by atoms with E-state index in [9.17, 15) is 9.59 Å². The molecule has 0 aromatic rings. The predicted molar refractivity (Wildman–Crippen MR) is 38.0 cm³/mol. The Bertz CT molecular complexity index is 196. The molecule has 1 amide bonds. The van der Waals surface area contributed by atoms with Crippen LogP contribution in [0.25, 0.3) is 0 Å². The van der Waals surface area contributed by atoms with Gasteiger partial charge in [0.2, 0.25) is 0 Å². The largest absolute Gasteiger partial charge is 0.474 e. The lowest BCUT2D eigenvalue weighted by Crippen LogP contribution is -2.40. The lowest BCUT2D eigenvalue weighted by atomic mass is 10.2. The lowest BCUT2D eigenvalue weighted by molar-refractivity contribution is -0.150. The highest BCUT2D eigenvalue weighted by Gasteiger charge is 2.42. The third-order valence-corrected chi connectivity index (χ3v) is 2.10. The second kappa shape index (κ2) is 2.53. The van der Waals surface area contributed by atoms with Crippen LogP contribution in [0.15, 0.2) is 0 Å². The second-order valence-electron chi connectivity index (χ2n) is 2.89. The molecule has 0 aliphatic heterocycles. The van der Waals surface area contributed by atoms with Crippen LogP contribution in [0.3, 0.4) is 0 Å². The number of aliphatic carboxylic acids is 1. The zero-order valence-electron chi connectivity index (χ0n) is 6.39. The highest BCUT2D eigenvalue weighted by Crippen LogP contribution is 2.38. The highest BCUT2D eigenvalue weighted by molar-refractivity contribution is 6.31. The van der Waals surface area contributed by atoms with Gasteiger partial charge in [-0.1, -0.05) is 6.92 Å². The van der Waals surface area contributed by atoms with Gasteiger partial charge in [0.05, 0.1) is 0 Å². The van der Waals surface area contributed by atoms with Gasteiger partial charge in [-0.2, -0.15) is 0 Å². The van der Waals surface area contributed by atoms with Crippen LogP contribution in [0.4, 0.5) is 0 Å². The number of hydrogen-bond acceptors (Lipinski definition) is 2. The number of carboxylic acid groups (broad SMARTS) is 1. The van der Waals surface area contributed by atoms with Gasteiger partial charge < -0.3 is 10.4 Å². The maximum Gasteiger partial charge on any atom is 0.394 e. The number of carbonyl (C=O) groups excluding carboxylic acids is 1. The Labute approximate surface area is 64.6 Å². The van der Waals surface area contributed by atoms with E-state index in [1.807, 2.05) is 6.92 Å². The summed E-state index contributed by atoms with van der Waals surface area (Å²) in [5, 5.41) is 10.7. The number of amides is 1. The van der Waals surface area contributed by atoms with E-state index in [1.165, 1.54) is 0 Å². The van der Waals surface area contributed by atoms with Crippen molar-refractivity contribution in [2.75, 3.05) is 0 Å². The van der Waals surface area contributed by atoms with Crippen molar-refractivity contribution in [1.29, 1.82) is 0 Å². The van der Waals surface area contributed by atoms with E-state index >= 15 is 0 Å². The number of carbonyl (C=O) groups is 2. The zero-order valence-corrected chi connectivity index (χ0v) is 6.39. The molecule has 1 fully saturated rings.